The van der Waals surface area contributed by atoms with Gasteiger partial charge in [0, 0.05) is 24.8 Å². The number of benzene rings is 2. The van der Waals surface area contributed by atoms with E-state index in [0.717, 1.165) is 0 Å². The summed E-state index contributed by atoms with van der Waals surface area (Å²) in [5.41, 5.74) is 1.66. The van der Waals surface area contributed by atoms with Crippen molar-refractivity contribution in [3.63, 3.8) is 0 Å². The van der Waals surface area contributed by atoms with E-state index < -0.39 is 15.9 Å². The Labute approximate surface area is 175 Å². The molecule has 2 aromatic rings. The number of amides is 2. The molecule has 0 unspecified atom stereocenters. The van der Waals surface area contributed by atoms with Gasteiger partial charge in [-0.1, -0.05) is 18.2 Å². The van der Waals surface area contributed by atoms with Crippen LogP contribution in [0.2, 0.25) is 0 Å². The predicted molar refractivity (Wildman–Crippen MR) is 112 cm³/mol. The Morgan fingerprint density at radius 1 is 1.23 bits per heavy atom. The molecule has 2 heterocycles. The van der Waals surface area contributed by atoms with Crippen LogP contribution in [0.25, 0.3) is 0 Å². The molecule has 8 nitrogen and oxygen atoms in total. The fourth-order valence-corrected chi connectivity index (χ4v) is 5.52. The van der Waals surface area contributed by atoms with Gasteiger partial charge < -0.3 is 15.4 Å². The number of fused-ring (bicyclic) bond motifs is 1. The molecule has 1 saturated heterocycles. The Balaban J connectivity index is 1.54. The summed E-state index contributed by atoms with van der Waals surface area (Å²) >= 11 is 0. The minimum atomic E-state index is -3.82. The number of piperidine rings is 1. The molecule has 2 aliphatic rings. The summed E-state index contributed by atoms with van der Waals surface area (Å²) in [4.78, 5) is 24.3. The summed E-state index contributed by atoms with van der Waals surface area (Å²) in [5.74, 6) is -0.563. The van der Waals surface area contributed by atoms with Crippen molar-refractivity contribution in [2.24, 2.45) is 5.92 Å². The molecule has 2 amide bonds. The molecule has 1 fully saturated rings. The number of carbonyl (C=O) groups is 2. The van der Waals surface area contributed by atoms with Crippen LogP contribution in [-0.4, -0.2) is 44.2 Å². The third-order valence-electron chi connectivity index (χ3n) is 5.32. The van der Waals surface area contributed by atoms with Gasteiger partial charge in [-0.05, 0) is 43.5 Å². The van der Waals surface area contributed by atoms with Crippen molar-refractivity contribution in [2.75, 3.05) is 30.3 Å². The lowest BCUT2D eigenvalue weighted by Gasteiger charge is -2.32. The first-order chi connectivity index (χ1) is 14.3. The number of hydrogen-bond donors (Lipinski definition) is 2. The molecular weight excluding hydrogens is 406 g/mol. The van der Waals surface area contributed by atoms with Gasteiger partial charge in [0.1, 0.15) is 5.75 Å². The zero-order valence-corrected chi connectivity index (χ0v) is 17.4. The summed E-state index contributed by atoms with van der Waals surface area (Å²) in [6.45, 7) is 2.00. The second-order valence-electron chi connectivity index (χ2n) is 7.51. The summed E-state index contributed by atoms with van der Waals surface area (Å²) in [6.07, 6.45) is 1.23. The number of carbonyl (C=O) groups excluding carboxylic acids is 2. The molecule has 0 aromatic heterocycles. The van der Waals surface area contributed by atoms with Crippen LogP contribution in [0.4, 0.5) is 11.4 Å². The standard InChI is InChI=1S/C21H23N3O5S/c1-14-10-17-18(29-13-20(25)23-17)11-19(14)30(27,28)24-9-5-6-15(12-24)21(26)22-16-7-3-2-4-8-16/h2-4,7-8,10-11,15H,5-6,9,12-13H2,1H3,(H,22,26)(H,23,25)/t15-/m1/s1. The van der Waals surface area contributed by atoms with Crippen molar-refractivity contribution in [1.29, 1.82) is 0 Å². The van der Waals surface area contributed by atoms with Gasteiger partial charge in [0.15, 0.2) is 6.61 Å². The van der Waals surface area contributed by atoms with Crippen molar-refractivity contribution in [3.8, 4) is 5.75 Å². The van der Waals surface area contributed by atoms with Crippen LogP contribution in [0.3, 0.4) is 0 Å². The van der Waals surface area contributed by atoms with Crippen LogP contribution in [-0.2, 0) is 19.6 Å². The molecule has 2 aliphatic heterocycles. The highest BCUT2D eigenvalue weighted by atomic mass is 32.2. The lowest BCUT2D eigenvalue weighted by Crippen LogP contribution is -2.43. The number of nitrogens with zero attached hydrogens (tertiary/aromatic N) is 1. The molecule has 1 atom stereocenters. The fraction of sp³-hybridized carbons (Fsp3) is 0.333. The molecule has 158 valence electrons. The third kappa shape index (κ3) is 4.03. The van der Waals surface area contributed by atoms with Gasteiger partial charge in [-0.15, -0.1) is 0 Å². The van der Waals surface area contributed by atoms with Crippen LogP contribution in [0.1, 0.15) is 18.4 Å². The first kappa shape index (κ1) is 20.4. The van der Waals surface area contributed by atoms with Gasteiger partial charge in [-0.2, -0.15) is 4.31 Å². The second kappa shape index (κ2) is 8.08. The molecule has 0 bridgehead atoms. The first-order valence-corrected chi connectivity index (χ1v) is 11.2. The Bertz CT molecular complexity index is 1090. The molecule has 0 radical (unpaired) electrons. The largest absolute Gasteiger partial charge is 0.482 e. The first-order valence-electron chi connectivity index (χ1n) is 9.78. The van der Waals surface area contributed by atoms with Gasteiger partial charge in [-0.25, -0.2) is 8.42 Å². The maximum atomic E-state index is 13.3. The van der Waals surface area contributed by atoms with E-state index in [1.165, 1.54) is 10.4 Å². The summed E-state index contributed by atoms with van der Waals surface area (Å²) in [7, 11) is -3.82. The fourth-order valence-electron chi connectivity index (χ4n) is 3.77. The zero-order chi connectivity index (χ0) is 21.3. The normalized spacial score (nSPS) is 19.4. The molecule has 9 heteroatoms. The molecule has 0 spiro atoms. The van der Waals surface area contributed by atoms with Gasteiger partial charge >= 0.3 is 0 Å². The van der Waals surface area contributed by atoms with Crippen LogP contribution < -0.4 is 15.4 Å². The molecule has 2 aromatic carbocycles. The third-order valence-corrected chi connectivity index (χ3v) is 7.33. The molecule has 0 saturated carbocycles. The maximum Gasteiger partial charge on any atom is 0.262 e. The van der Waals surface area contributed by atoms with Gasteiger partial charge in [0.2, 0.25) is 15.9 Å². The molecule has 2 N–H and O–H groups in total. The van der Waals surface area contributed by atoms with Crippen LogP contribution in [0.15, 0.2) is 47.4 Å². The van der Waals surface area contributed by atoms with E-state index in [0.29, 0.717) is 42.1 Å². The highest BCUT2D eigenvalue weighted by Gasteiger charge is 2.35. The van der Waals surface area contributed by atoms with E-state index >= 15 is 0 Å². The van der Waals surface area contributed by atoms with E-state index in [-0.39, 0.29) is 29.9 Å². The van der Waals surface area contributed by atoms with Crippen molar-refractivity contribution < 1.29 is 22.7 Å². The molecule has 0 aliphatic carbocycles. The maximum absolute atomic E-state index is 13.3. The minimum Gasteiger partial charge on any atom is -0.482 e. The zero-order valence-electron chi connectivity index (χ0n) is 16.6. The Morgan fingerprint density at radius 2 is 2.00 bits per heavy atom. The van der Waals surface area contributed by atoms with Crippen LogP contribution in [0, 0.1) is 12.8 Å². The van der Waals surface area contributed by atoms with Gasteiger partial charge in [-0.3, -0.25) is 9.59 Å². The van der Waals surface area contributed by atoms with E-state index in [1.807, 2.05) is 18.2 Å². The highest BCUT2D eigenvalue weighted by Crippen LogP contribution is 2.35. The second-order valence-corrected chi connectivity index (χ2v) is 9.41. The van der Waals surface area contributed by atoms with Crippen molar-refractivity contribution in [3.05, 3.63) is 48.0 Å². The Morgan fingerprint density at radius 3 is 2.77 bits per heavy atom. The van der Waals surface area contributed by atoms with Crippen molar-refractivity contribution in [1.82, 2.24) is 4.31 Å². The molecular formula is C21H23N3O5S. The number of para-hydroxylation sites is 1. The number of ether oxygens (including phenoxy) is 1. The minimum absolute atomic E-state index is 0.120. The van der Waals surface area contributed by atoms with Crippen LogP contribution in [0.5, 0.6) is 5.75 Å². The summed E-state index contributed by atoms with van der Waals surface area (Å²) in [6, 6.07) is 12.2. The van der Waals surface area contributed by atoms with Crippen LogP contribution >= 0.6 is 0 Å². The number of anilines is 2. The average molecular weight is 429 g/mol. The topological polar surface area (TPSA) is 105 Å². The summed E-state index contributed by atoms with van der Waals surface area (Å²) in [5, 5.41) is 5.54. The number of sulfonamides is 1. The van der Waals surface area contributed by atoms with Gasteiger partial charge in [0.05, 0.1) is 16.5 Å². The average Bonchev–Trinajstić information content (AvgIpc) is 2.74. The number of hydrogen-bond acceptors (Lipinski definition) is 5. The lowest BCUT2D eigenvalue weighted by atomic mass is 9.99. The quantitative estimate of drug-likeness (QED) is 0.776. The molecule has 30 heavy (non-hydrogen) atoms. The van der Waals surface area contributed by atoms with E-state index in [2.05, 4.69) is 10.6 Å². The Kier molecular flexibility index (Phi) is 5.48. The number of nitrogens with one attached hydrogen (secondary N) is 2. The SMILES string of the molecule is Cc1cc2c(cc1S(=O)(=O)N1CCC[C@@H](C(=O)Nc3ccccc3)C1)OCC(=O)N2. The number of rotatable bonds is 4. The number of aryl methyl sites for hydroxylation is 1. The highest BCUT2D eigenvalue weighted by molar-refractivity contribution is 7.89. The molecule has 4 rings (SSSR count). The van der Waals surface area contributed by atoms with E-state index in [9.17, 15) is 18.0 Å². The monoisotopic (exact) mass is 429 g/mol. The van der Waals surface area contributed by atoms with Gasteiger partial charge in [0.25, 0.3) is 5.91 Å². The summed E-state index contributed by atoms with van der Waals surface area (Å²) < 4.78 is 33.4. The van der Waals surface area contributed by atoms with Crippen molar-refractivity contribution in [2.45, 2.75) is 24.7 Å². The van der Waals surface area contributed by atoms with E-state index in [1.54, 1.807) is 25.1 Å². The van der Waals surface area contributed by atoms with E-state index in [4.69, 9.17) is 4.74 Å². The lowest BCUT2D eigenvalue weighted by molar-refractivity contribution is -0.121. The Hall–Kier alpha value is -2.91. The van der Waals surface area contributed by atoms with Crippen molar-refractivity contribution >= 4 is 33.2 Å². The predicted octanol–water partition coefficient (Wildman–Crippen LogP) is 2.37. The smallest absolute Gasteiger partial charge is 0.262 e.